The van der Waals surface area contributed by atoms with Crippen LogP contribution in [0.15, 0.2) is 0 Å². The lowest BCUT2D eigenvalue weighted by Gasteiger charge is -2.53. The second-order valence-corrected chi connectivity index (χ2v) is 4.98. The van der Waals surface area contributed by atoms with Gasteiger partial charge in [0.25, 0.3) is 0 Å². The number of hydrogen-bond acceptors (Lipinski definition) is 3. The summed E-state index contributed by atoms with van der Waals surface area (Å²) in [5.74, 6) is -0.325. The molecule has 1 spiro atoms. The molecule has 2 rings (SSSR count). The van der Waals surface area contributed by atoms with E-state index in [1.165, 1.54) is 0 Å². The Balaban J connectivity index is 2.26. The first-order chi connectivity index (χ1) is 8.06. The van der Waals surface area contributed by atoms with Gasteiger partial charge in [-0.05, 0) is 24.7 Å². The molecule has 5 nitrogen and oxygen atoms in total. The summed E-state index contributed by atoms with van der Waals surface area (Å²) in [6.07, 6.45) is 3.34. The van der Waals surface area contributed by atoms with Crippen LogP contribution in [-0.2, 0) is 9.59 Å². The van der Waals surface area contributed by atoms with Crippen molar-refractivity contribution in [2.24, 2.45) is 17.3 Å². The summed E-state index contributed by atoms with van der Waals surface area (Å²) >= 11 is 0. The molecule has 0 radical (unpaired) electrons. The maximum Gasteiger partial charge on any atom is 0.328 e. The Labute approximate surface area is 100 Å². The minimum atomic E-state index is -0.982. The summed E-state index contributed by atoms with van der Waals surface area (Å²) in [7, 11) is 0. The third kappa shape index (κ3) is 1.56. The van der Waals surface area contributed by atoms with Crippen molar-refractivity contribution >= 4 is 17.8 Å². The highest BCUT2D eigenvalue weighted by Gasteiger charge is 2.64. The molecule has 0 bridgehead atoms. The van der Waals surface area contributed by atoms with Crippen LogP contribution in [-0.4, -0.2) is 17.8 Å². The molecule has 0 aromatic heterocycles. The normalized spacial score (nSPS) is 30.8. The van der Waals surface area contributed by atoms with Gasteiger partial charge in [0.05, 0.1) is 0 Å². The number of hydrogen-bond donors (Lipinski definition) is 2. The second-order valence-electron chi connectivity index (χ2n) is 4.98. The molecule has 1 heterocycles. The van der Waals surface area contributed by atoms with Gasteiger partial charge in [-0.15, -0.1) is 0 Å². The number of nitrogens with one attached hydrogen (secondary N) is 2. The predicted octanol–water partition coefficient (Wildman–Crippen LogP) is 1.18. The Morgan fingerprint density at radius 1 is 1.18 bits per heavy atom. The van der Waals surface area contributed by atoms with Crippen LogP contribution in [0.25, 0.3) is 0 Å². The molecule has 0 aromatic carbocycles. The summed E-state index contributed by atoms with van der Waals surface area (Å²) in [5.41, 5.74) is -0.982. The maximum absolute atomic E-state index is 12.0. The van der Waals surface area contributed by atoms with Crippen molar-refractivity contribution in [1.29, 1.82) is 0 Å². The van der Waals surface area contributed by atoms with Gasteiger partial charge in [-0.3, -0.25) is 20.2 Å². The van der Waals surface area contributed by atoms with Gasteiger partial charge in [0, 0.05) is 0 Å². The van der Waals surface area contributed by atoms with E-state index in [1.807, 2.05) is 6.92 Å². The first-order valence-corrected chi connectivity index (χ1v) is 6.23. The number of urea groups is 1. The van der Waals surface area contributed by atoms with Crippen molar-refractivity contribution in [3.8, 4) is 0 Å². The molecule has 94 valence electrons. The summed E-state index contributed by atoms with van der Waals surface area (Å²) in [6, 6.07) is -0.694. The Kier molecular flexibility index (Phi) is 2.93. The van der Waals surface area contributed by atoms with E-state index in [1.54, 1.807) is 0 Å². The maximum atomic E-state index is 12.0. The third-order valence-corrected chi connectivity index (χ3v) is 4.17. The summed E-state index contributed by atoms with van der Waals surface area (Å²) < 4.78 is 0. The van der Waals surface area contributed by atoms with Gasteiger partial charge in [0.2, 0.25) is 11.8 Å². The van der Waals surface area contributed by atoms with E-state index in [0.717, 1.165) is 19.3 Å². The van der Waals surface area contributed by atoms with Crippen molar-refractivity contribution < 1.29 is 14.4 Å². The average Bonchev–Trinajstić information content (AvgIpc) is 2.24. The molecule has 1 aliphatic carbocycles. The monoisotopic (exact) mass is 238 g/mol. The molecule has 2 atom stereocenters. The van der Waals surface area contributed by atoms with Gasteiger partial charge in [-0.25, -0.2) is 4.79 Å². The van der Waals surface area contributed by atoms with Crippen molar-refractivity contribution in [2.45, 2.75) is 39.5 Å². The lowest BCUT2D eigenvalue weighted by atomic mass is 9.50. The summed E-state index contributed by atoms with van der Waals surface area (Å²) in [4.78, 5) is 35.0. The molecule has 1 saturated carbocycles. The molecule has 1 saturated heterocycles. The largest absolute Gasteiger partial charge is 0.328 e. The van der Waals surface area contributed by atoms with Gasteiger partial charge in [-0.2, -0.15) is 0 Å². The third-order valence-electron chi connectivity index (χ3n) is 4.17. The SMILES string of the molecule is CCCC1C(CC)CC12C(=O)NC(=O)NC2=O. The molecule has 0 aromatic rings. The van der Waals surface area contributed by atoms with Crippen LogP contribution in [0.3, 0.4) is 0 Å². The van der Waals surface area contributed by atoms with Gasteiger partial charge in [0.15, 0.2) is 0 Å². The number of amides is 4. The highest BCUT2D eigenvalue weighted by Crippen LogP contribution is 2.55. The minimum Gasteiger partial charge on any atom is -0.277 e. The summed E-state index contributed by atoms with van der Waals surface area (Å²) in [5, 5.41) is 4.45. The van der Waals surface area contributed by atoms with Crippen molar-refractivity contribution in [3.05, 3.63) is 0 Å². The van der Waals surface area contributed by atoms with Crippen LogP contribution < -0.4 is 10.6 Å². The number of carbonyl (C=O) groups excluding carboxylic acids is 3. The van der Waals surface area contributed by atoms with Gasteiger partial charge in [0.1, 0.15) is 5.41 Å². The van der Waals surface area contributed by atoms with E-state index in [0.29, 0.717) is 12.3 Å². The van der Waals surface area contributed by atoms with Crippen LogP contribution >= 0.6 is 0 Å². The van der Waals surface area contributed by atoms with E-state index in [4.69, 9.17) is 0 Å². The zero-order valence-corrected chi connectivity index (χ0v) is 10.2. The fourth-order valence-electron chi connectivity index (χ4n) is 3.26. The molecule has 1 aliphatic heterocycles. The predicted molar refractivity (Wildman–Crippen MR) is 60.9 cm³/mol. The van der Waals surface area contributed by atoms with Crippen LogP contribution in [0.1, 0.15) is 39.5 Å². The molecular weight excluding hydrogens is 220 g/mol. The first-order valence-electron chi connectivity index (χ1n) is 6.23. The first kappa shape index (κ1) is 12.1. The quantitative estimate of drug-likeness (QED) is 0.725. The fourth-order valence-corrected chi connectivity index (χ4v) is 3.26. The van der Waals surface area contributed by atoms with Gasteiger partial charge >= 0.3 is 6.03 Å². The highest BCUT2D eigenvalue weighted by molar-refractivity contribution is 6.20. The van der Waals surface area contributed by atoms with E-state index >= 15 is 0 Å². The topological polar surface area (TPSA) is 75.3 Å². The lowest BCUT2D eigenvalue weighted by molar-refractivity contribution is -0.165. The minimum absolute atomic E-state index is 0.0746. The Morgan fingerprint density at radius 2 is 1.76 bits per heavy atom. The molecule has 17 heavy (non-hydrogen) atoms. The van der Waals surface area contributed by atoms with Crippen molar-refractivity contribution in [2.75, 3.05) is 0 Å². The molecule has 2 N–H and O–H groups in total. The zero-order valence-electron chi connectivity index (χ0n) is 10.2. The highest BCUT2D eigenvalue weighted by atomic mass is 16.2. The van der Waals surface area contributed by atoms with Crippen molar-refractivity contribution in [3.63, 3.8) is 0 Å². The van der Waals surface area contributed by atoms with E-state index < -0.39 is 23.3 Å². The summed E-state index contributed by atoms with van der Waals surface area (Å²) in [6.45, 7) is 4.12. The number of imide groups is 2. The number of barbiturate groups is 1. The van der Waals surface area contributed by atoms with Gasteiger partial charge < -0.3 is 0 Å². The van der Waals surface area contributed by atoms with Crippen LogP contribution in [0.2, 0.25) is 0 Å². The molecule has 2 unspecified atom stereocenters. The van der Waals surface area contributed by atoms with Crippen molar-refractivity contribution in [1.82, 2.24) is 10.6 Å². The molecule has 2 aliphatic rings. The number of carbonyl (C=O) groups is 3. The fraction of sp³-hybridized carbons (Fsp3) is 0.750. The number of rotatable bonds is 3. The van der Waals surface area contributed by atoms with Crippen LogP contribution in [0.4, 0.5) is 4.79 Å². The van der Waals surface area contributed by atoms with E-state index in [-0.39, 0.29) is 5.92 Å². The second kappa shape index (κ2) is 4.13. The zero-order chi connectivity index (χ0) is 12.6. The molecular formula is C12H18N2O3. The van der Waals surface area contributed by atoms with Gasteiger partial charge in [-0.1, -0.05) is 26.7 Å². The average molecular weight is 238 g/mol. The molecule has 4 amide bonds. The lowest BCUT2D eigenvalue weighted by Crippen LogP contribution is -2.70. The van der Waals surface area contributed by atoms with E-state index in [9.17, 15) is 14.4 Å². The molecule has 2 fully saturated rings. The van der Waals surface area contributed by atoms with Crippen LogP contribution in [0.5, 0.6) is 0 Å². The Morgan fingerprint density at radius 3 is 2.24 bits per heavy atom. The molecule has 5 heteroatoms. The Hall–Kier alpha value is -1.39. The smallest absolute Gasteiger partial charge is 0.277 e. The van der Waals surface area contributed by atoms with Crippen LogP contribution in [0, 0.1) is 17.3 Å². The Bertz CT molecular complexity index is 358. The van der Waals surface area contributed by atoms with E-state index in [2.05, 4.69) is 17.6 Å². The standard InChI is InChI=1S/C12H18N2O3/c1-3-5-8-7(4-2)6-12(8)9(15)13-11(17)14-10(12)16/h7-8H,3-6H2,1-2H3,(H2,13,14,15,16,17).